The average molecular weight is 302 g/mol. The van der Waals surface area contributed by atoms with Gasteiger partial charge < -0.3 is 10.2 Å². The Hall–Kier alpha value is -1.80. The highest BCUT2D eigenvalue weighted by Gasteiger charge is 2.52. The molecule has 2 aliphatic heterocycles. The van der Waals surface area contributed by atoms with Gasteiger partial charge in [-0.15, -0.1) is 0 Å². The molecule has 2 aromatic carbocycles. The Balaban J connectivity index is 1.64. The fourth-order valence-corrected chi connectivity index (χ4v) is 4.87. The second-order valence-electron chi connectivity index (χ2n) is 7.03. The second-order valence-corrected chi connectivity index (χ2v) is 7.03. The highest BCUT2D eigenvalue weighted by molar-refractivity contribution is 5.63. The Morgan fingerprint density at radius 1 is 1.09 bits per heavy atom. The van der Waals surface area contributed by atoms with Gasteiger partial charge in [0.1, 0.15) is 0 Å². The number of nitrogens with one attached hydrogen (secondary N) is 1. The summed E-state index contributed by atoms with van der Waals surface area (Å²) in [4.78, 5) is 2.68. The maximum Gasteiger partial charge on any atom is 0.0611 e. The van der Waals surface area contributed by atoms with Gasteiger partial charge in [-0.25, -0.2) is 0 Å². The van der Waals surface area contributed by atoms with Crippen LogP contribution in [-0.2, 0) is 6.42 Å². The predicted octanol–water partition coefficient (Wildman–Crippen LogP) is 3.40. The lowest BCUT2D eigenvalue weighted by Crippen LogP contribution is -2.59. The third-order valence-corrected chi connectivity index (χ3v) is 5.89. The standard InChI is InChI=1S/C21H22N2/c1-3-9-18-17(7-1)14-21(11-12-22-15-19(18)21)23-13-5-8-16-6-2-4-10-20(16)23/h1-4,6-7,9-10,19,22H,5,8,11-13,15H2. The van der Waals surface area contributed by atoms with Crippen LogP contribution in [-0.4, -0.2) is 25.2 Å². The van der Waals surface area contributed by atoms with Crippen LogP contribution in [0.25, 0.3) is 0 Å². The largest absolute Gasteiger partial charge is 0.364 e. The van der Waals surface area contributed by atoms with Crippen molar-refractivity contribution in [1.29, 1.82) is 0 Å². The van der Waals surface area contributed by atoms with E-state index in [-0.39, 0.29) is 5.54 Å². The molecule has 1 aliphatic carbocycles. The van der Waals surface area contributed by atoms with Crippen LogP contribution in [0.4, 0.5) is 5.69 Å². The zero-order valence-electron chi connectivity index (χ0n) is 13.4. The molecule has 23 heavy (non-hydrogen) atoms. The Morgan fingerprint density at radius 3 is 2.96 bits per heavy atom. The summed E-state index contributed by atoms with van der Waals surface area (Å²) in [6, 6.07) is 17.8. The molecule has 5 rings (SSSR count). The fourth-order valence-electron chi connectivity index (χ4n) is 4.87. The van der Waals surface area contributed by atoms with Gasteiger partial charge in [-0.05, 0) is 48.6 Å². The van der Waals surface area contributed by atoms with Crippen molar-refractivity contribution in [2.75, 3.05) is 24.5 Å². The van der Waals surface area contributed by atoms with E-state index in [2.05, 4.69) is 65.2 Å². The smallest absolute Gasteiger partial charge is 0.0611 e. The first-order valence-corrected chi connectivity index (χ1v) is 8.82. The molecule has 3 aliphatic rings. The first-order valence-electron chi connectivity index (χ1n) is 8.82. The molecule has 0 bridgehead atoms. The summed E-state index contributed by atoms with van der Waals surface area (Å²) in [6.45, 7) is 3.29. The lowest BCUT2D eigenvalue weighted by Gasteiger charge is -2.51. The number of hydrogen-bond acceptors (Lipinski definition) is 2. The summed E-state index contributed by atoms with van der Waals surface area (Å²) in [5.74, 6) is 0.513. The molecule has 0 saturated carbocycles. The number of hydrogen-bond donors (Lipinski definition) is 1. The van der Waals surface area contributed by atoms with E-state index in [4.69, 9.17) is 0 Å². The molecular weight excluding hydrogens is 280 g/mol. The molecule has 0 amide bonds. The number of aryl methyl sites for hydroxylation is 1. The van der Waals surface area contributed by atoms with E-state index in [9.17, 15) is 0 Å². The minimum absolute atomic E-state index is 0.0332. The molecule has 2 atom stereocenters. The van der Waals surface area contributed by atoms with Crippen molar-refractivity contribution in [3.8, 4) is 0 Å². The molecule has 2 aromatic rings. The zero-order chi connectivity index (χ0) is 15.3. The maximum absolute atomic E-state index is 3.95. The molecule has 2 heterocycles. The number of nitrogens with zero attached hydrogens (tertiary/aromatic N) is 1. The van der Waals surface area contributed by atoms with Gasteiger partial charge >= 0.3 is 0 Å². The lowest BCUT2D eigenvalue weighted by molar-refractivity contribution is 0.298. The number of para-hydroxylation sites is 1. The van der Waals surface area contributed by atoms with Crippen LogP contribution < -0.4 is 10.2 Å². The summed E-state index contributed by atoms with van der Waals surface area (Å²) in [6.07, 6.45) is 7.54. The molecule has 0 spiro atoms. The molecule has 1 fully saturated rings. The van der Waals surface area contributed by atoms with Crippen molar-refractivity contribution in [2.24, 2.45) is 0 Å². The van der Waals surface area contributed by atoms with Gasteiger partial charge in [0.05, 0.1) is 5.54 Å². The van der Waals surface area contributed by atoms with Gasteiger partial charge in [-0.3, -0.25) is 0 Å². The number of fused-ring (bicyclic) bond motifs is 4. The molecular formula is C21H22N2. The Kier molecular flexibility index (Phi) is 3.02. The number of piperidine rings is 1. The summed E-state index contributed by atoms with van der Waals surface area (Å²) >= 11 is 0. The monoisotopic (exact) mass is 302 g/mol. The van der Waals surface area contributed by atoms with E-state index in [1.165, 1.54) is 35.2 Å². The van der Waals surface area contributed by atoms with E-state index >= 15 is 0 Å². The average Bonchev–Trinajstić information content (AvgIpc) is 2.96. The third kappa shape index (κ3) is 1.91. The molecule has 1 N–H and O–H groups in total. The Labute approximate surface area is 138 Å². The summed E-state index contributed by atoms with van der Waals surface area (Å²) in [7, 11) is 0. The van der Waals surface area contributed by atoms with Crippen molar-refractivity contribution in [1.82, 2.24) is 5.32 Å². The zero-order valence-corrected chi connectivity index (χ0v) is 13.4. The molecule has 2 radical (unpaired) electrons. The van der Waals surface area contributed by atoms with Crippen LogP contribution in [0, 0.1) is 6.42 Å². The van der Waals surface area contributed by atoms with E-state index in [0.29, 0.717) is 5.92 Å². The minimum atomic E-state index is 0.0332. The lowest BCUT2D eigenvalue weighted by atomic mass is 9.76. The molecule has 2 heteroatoms. The molecule has 2 nitrogen and oxygen atoms in total. The van der Waals surface area contributed by atoms with Gasteiger partial charge in [-0.1, -0.05) is 42.5 Å². The van der Waals surface area contributed by atoms with E-state index in [0.717, 1.165) is 26.1 Å². The van der Waals surface area contributed by atoms with Crippen LogP contribution in [0.3, 0.4) is 0 Å². The highest BCUT2D eigenvalue weighted by Crippen LogP contribution is 2.51. The van der Waals surface area contributed by atoms with Crippen LogP contribution in [0.5, 0.6) is 0 Å². The summed E-state index contributed by atoms with van der Waals surface area (Å²) in [5.41, 5.74) is 5.77. The predicted molar refractivity (Wildman–Crippen MR) is 93.9 cm³/mol. The van der Waals surface area contributed by atoms with Crippen LogP contribution in [0.15, 0.2) is 48.5 Å². The van der Waals surface area contributed by atoms with Crippen molar-refractivity contribution in [3.05, 3.63) is 71.6 Å². The summed E-state index contributed by atoms with van der Waals surface area (Å²) in [5, 5.41) is 3.62. The van der Waals surface area contributed by atoms with Crippen molar-refractivity contribution in [3.63, 3.8) is 0 Å². The van der Waals surface area contributed by atoms with Crippen LogP contribution in [0.2, 0.25) is 0 Å². The van der Waals surface area contributed by atoms with E-state index < -0.39 is 0 Å². The molecule has 2 unspecified atom stereocenters. The third-order valence-electron chi connectivity index (χ3n) is 5.89. The minimum Gasteiger partial charge on any atom is -0.364 e. The topological polar surface area (TPSA) is 15.3 Å². The van der Waals surface area contributed by atoms with Crippen molar-refractivity contribution < 1.29 is 0 Å². The number of rotatable bonds is 1. The maximum atomic E-state index is 3.95. The SMILES string of the molecule is [C]1c2ccccc2C2CNCCC12N1CCCc2ccccc21. The Morgan fingerprint density at radius 2 is 1.96 bits per heavy atom. The van der Waals surface area contributed by atoms with Crippen LogP contribution >= 0.6 is 0 Å². The van der Waals surface area contributed by atoms with Gasteiger partial charge in [-0.2, -0.15) is 0 Å². The molecule has 1 saturated heterocycles. The van der Waals surface area contributed by atoms with E-state index in [1.807, 2.05) is 0 Å². The van der Waals surface area contributed by atoms with Gasteiger partial charge in [0.2, 0.25) is 0 Å². The normalized spacial score (nSPS) is 28.9. The second kappa shape index (κ2) is 5.10. The van der Waals surface area contributed by atoms with Gasteiger partial charge in [0.25, 0.3) is 0 Å². The van der Waals surface area contributed by atoms with Crippen molar-refractivity contribution >= 4 is 5.69 Å². The van der Waals surface area contributed by atoms with Crippen LogP contribution in [0.1, 0.15) is 35.4 Å². The van der Waals surface area contributed by atoms with Crippen molar-refractivity contribution in [2.45, 2.75) is 30.7 Å². The van der Waals surface area contributed by atoms with Gasteiger partial charge in [0, 0.05) is 31.1 Å². The first-order chi connectivity index (χ1) is 11.4. The quantitative estimate of drug-likeness (QED) is 0.868. The molecule has 116 valence electrons. The summed E-state index contributed by atoms with van der Waals surface area (Å²) < 4.78 is 0. The Bertz CT molecular complexity index is 738. The fraction of sp³-hybridized carbons (Fsp3) is 0.381. The van der Waals surface area contributed by atoms with Gasteiger partial charge in [0.15, 0.2) is 0 Å². The highest BCUT2D eigenvalue weighted by atomic mass is 15.2. The molecule has 0 aromatic heterocycles. The van der Waals surface area contributed by atoms with E-state index in [1.54, 1.807) is 0 Å². The number of anilines is 1. The number of benzene rings is 2. The first kappa shape index (κ1) is 13.6.